The first-order valence-corrected chi connectivity index (χ1v) is 9.09. The Labute approximate surface area is 153 Å². The van der Waals surface area contributed by atoms with Gasteiger partial charge < -0.3 is 10.1 Å². The van der Waals surface area contributed by atoms with E-state index in [0.29, 0.717) is 20.6 Å². The number of amides is 1. The Morgan fingerprint density at radius 3 is 2.54 bits per heavy atom. The van der Waals surface area contributed by atoms with Crippen molar-refractivity contribution in [1.82, 2.24) is 0 Å². The Balaban J connectivity index is 1.61. The van der Waals surface area contributed by atoms with E-state index in [0.717, 1.165) is 19.3 Å². The van der Waals surface area contributed by atoms with Gasteiger partial charge in [0.2, 0.25) is 0 Å². The Morgan fingerprint density at radius 2 is 1.88 bits per heavy atom. The molecule has 3 rings (SSSR count). The predicted molar refractivity (Wildman–Crippen MR) is 96.3 cm³/mol. The monoisotopic (exact) mass is 383 g/mol. The zero-order chi connectivity index (χ0) is 17.3. The van der Waals surface area contributed by atoms with E-state index in [2.05, 4.69) is 5.32 Å². The minimum absolute atomic E-state index is 0.413. The highest BCUT2D eigenvalue weighted by Gasteiger charge is 2.23. The van der Waals surface area contributed by atoms with E-state index in [-0.39, 0.29) is 0 Å². The van der Waals surface area contributed by atoms with Crippen molar-refractivity contribution in [3.05, 3.63) is 49.6 Å². The van der Waals surface area contributed by atoms with Crippen LogP contribution < -0.4 is 5.32 Å². The van der Waals surface area contributed by atoms with E-state index in [1.165, 1.54) is 28.7 Å². The fraction of sp³-hybridized carbons (Fsp3) is 0.294. The van der Waals surface area contributed by atoms with Gasteiger partial charge >= 0.3 is 5.97 Å². The van der Waals surface area contributed by atoms with Gasteiger partial charge in [-0.2, -0.15) is 0 Å². The van der Waals surface area contributed by atoms with E-state index in [4.69, 9.17) is 27.9 Å². The number of nitrogens with one attached hydrogen (secondary N) is 1. The minimum Gasteiger partial charge on any atom is -0.448 e. The van der Waals surface area contributed by atoms with Crippen LogP contribution in [0.2, 0.25) is 10.0 Å². The van der Waals surface area contributed by atoms with E-state index in [1.54, 1.807) is 18.2 Å². The summed E-state index contributed by atoms with van der Waals surface area (Å²) in [7, 11) is 0. The Hall–Kier alpha value is -1.56. The van der Waals surface area contributed by atoms with E-state index in [9.17, 15) is 9.59 Å². The van der Waals surface area contributed by atoms with Gasteiger partial charge in [-0.25, -0.2) is 4.79 Å². The summed E-state index contributed by atoms with van der Waals surface area (Å²) in [6.07, 6.45) is 2.23. The van der Waals surface area contributed by atoms with Crippen molar-refractivity contribution in [2.24, 2.45) is 0 Å². The van der Waals surface area contributed by atoms with Gasteiger partial charge in [0.25, 0.3) is 5.91 Å². The number of thiophene rings is 1. The third kappa shape index (κ3) is 3.91. The van der Waals surface area contributed by atoms with Crippen molar-refractivity contribution in [1.29, 1.82) is 0 Å². The van der Waals surface area contributed by atoms with E-state index >= 15 is 0 Å². The second kappa shape index (κ2) is 7.13. The summed E-state index contributed by atoms with van der Waals surface area (Å²) in [5.74, 6) is -0.910. The van der Waals surface area contributed by atoms with Gasteiger partial charge in [0.1, 0.15) is 4.88 Å². The maximum absolute atomic E-state index is 12.2. The highest BCUT2D eigenvalue weighted by molar-refractivity contribution is 7.14. The molecule has 1 N–H and O–H groups in total. The zero-order valence-electron chi connectivity index (χ0n) is 12.9. The summed E-state index contributed by atoms with van der Waals surface area (Å²) in [4.78, 5) is 26.2. The smallest absolute Gasteiger partial charge is 0.349 e. The van der Waals surface area contributed by atoms with Gasteiger partial charge in [-0.15, -0.1) is 11.3 Å². The molecule has 1 aromatic carbocycles. The number of hydrogen-bond acceptors (Lipinski definition) is 4. The minimum atomic E-state index is -0.924. The number of aryl methyl sites for hydroxylation is 2. The van der Waals surface area contributed by atoms with Crippen LogP contribution in [-0.2, 0) is 22.4 Å². The Morgan fingerprint density at radius 1 is 1.17 bits per heavy atom. The number of halogens is 2. The number of carbonyl (C=O) groups excluding carboxylic acids is 2. The maximum atomic E-state index is 12.2. The number of rotatable bonds is 4. The molecule has 1 atom stereocenters. The van der Waals surface area contributed by atoms with Crippen LogP contribution in [0.3, 0.4) is 0 Å². The lowest BCUT2D eigenvalue weighted by Crippen LogP contribution is -2.29. The Kier molecular flexibility index (Phi) is 5.13. The average Bonchev–Trinajstić information content (AvgIpc) is 3.06. The molecule has 0 spiro atoms. The van der Waals surface area contributed by atoms with Crippen LogP contribution in [0.25, 0.3) is 0 Å². The van der Waals surface area contributed by atoms with Crippen LogP contribution in [0, 0.1) is 0 Å². The Bertz CT molecular complexity index is 761. The topological polar surface area (TPSA) is 55.4 Å². The maximum Gasteiger partial charge on any atom is 0.349 e. The van der Waals surface area contributed by atoms with E-state index < -0.39 is 18.0 Å². The molecular weight excluding hydrogens is 369 g/mol. The predicted octanol–water partition coefficient (Wildman–Crippen LogP) is 4.73. The summed E-state index contributed by atoms with van der Waals surface area (Å²) in [5, 5.41) is 3.46. The zero-order valence-corrected chi connectivity index (χ0v) is 15.2. The average molecular weight is 384 g/mol. The molecule has 0 aliphatic heterocycles. The van der Waals surface area contributed by atoms with Gasteiger partial charge in [-0.3, -0.25) is 4.79 Å². The first kappa shape index (κ1) is 17.3. The number of ether oxygens (including phenoxy) is 1. The molecule has 4 nitrogen and oxygen atoms in total. The second-order valence-corrected chi connectivity index (χ2v) is 7.62. The van der Waals surface area contributed by atoms with Gasteiger partial charge in [-0.1, -0.05) is 23.2 Å². The molecule has 0 radical (unpaired) electrons. The summed E-state index contributed by atoms with van der Waals surface area (Å²) in [6.45, 7) is 1.53. The van der Waals surface area contributed by atoms with Crippen molar-refractivity contribution in [2.75, 3.05) is 5.32 Å². The van der Waals surface area contributed by atoms with Crippen LogP contribution in [0.1, 0.15) is 33.5 Å². The lowest BCUT2D eigenvalue weighted by molar-refractivity contribution is -0.123. The number of carbonyl (C=O) groups is 2. The largest absolute Gasteiger partial charge is 0.448 e. The molecule has 0 saturated heterocycles. The third-order valence-electron chi connectivity index (χ3n) is 3.73. The van der Waals surface area contributed by atoms with Gasteiger partial charge in [-0.05, 0) is 56.0 Å². The second-order valence-electron chi connectivity index (χ2n) is 5.61. The molecule has 7 heteroatoms. The highest BCUT2D eigenvalue weighted by atomic mass is 35.5. The van der Waals surface area contributed by atoms with Crippen molar-refractivity contribution in [3.8, 4) is 0 Å². The molecular formula is C17H15Cl2NO3S. The van der Waals surface area contributed by atoms with Crippen molar-refractivity contribution in [2.45, 2.75) is 32.3 Å². The molecule has 0 bridgehead atoms. The van der Waals surface area contributed by atoms with Crippen molar-refractivity contribution < 1.29 is 14.3 Å². The number of esters is 1. The van der Waals surface area contributed by atoms with E-state index in [1.807, 2.05) is 6.07 Å². The molecule has 1 aromatic heterocycles. The van der Waals surface area contributed by atoms with Crippen LogP contribution in [0.15, 0.2) is 24.3 Å². The van der Waals surface area contributed by atoms with Crippen molar-refractivity contribution in [3.63, 3.8) is 0 Å². The van der Waals surface area contributed by atoms with Gasteiger partial charge in [0.15, 0.2) is 6.10 Å². The van der Waals surface area contributed by atoms with Crippen LogP contribution >= 0.6 is 34.5 Å². The summed E-state index contributed by atoms with van der Waals surface area (Å²) < 4.78 is 5.26. The molecule has 24 heavy (non-hydrogen) atoms. The standard InChI is InChI=1S/C17H15Cl2NO3S/c1-9(16(21)20-13-7-11(18)6-12(19)8-13)23-17(22)15-5-10-3-2-4-14(10)24-15/h5-9H,2-4H2,1H3,(H,20,21). The van der Waals surface area contributed by atoms with Gasteiger partial charge in [0.05, 0.1) is 0 Å². The number of fused-ring (bicyclic) bond motifs is 1. The fourth-order valence-corrected chi connectivity index (χ4v) is 4.23. The summed E-state index contributed by atoms with van der Waals surface area (Å²) in [5.41, 5.74) is 1.67. The highest BCUT2D eigenvalue weighted by Crippen LogP contribution is 2.31. The van der Waals surface area contributed by atoms with Gasteiger partial charge in [0, 0.05) is 20.6 Å². The lowest BCUT2D eigenvalue weighted by Gasteiger charge is -2.13. The number of anilines is 1. The summed E-state index contributed by atoms with van der Waals surface area (Å²) in [6, 6.07) is 6.59. The molecule has 0 saturated carbocycles. The number of benzene rings is 1. The first-order valence-electron chi connectivity index (χ1n) is 7.52. The number of hydrogen-bond donors (Lipinski definition) is 1. The van der Waals surface area contributed by atoms with Crippen LogP contribution in [-0.4, -0.2) is 18.0 Å². The van der Waals surface area contributed by atoms with Crippen LogP contribution in [0.5, 0.6) is 0 Å². The molecule has 1 aliphatic rings. The van der Waals surface area contributed by atoms with Crippen molar-refractivity contribution >= 4 is 52.1 Å². The first-order chi connectivity index (χ1) is 11.4. The molecule has 126 valence electrons. The SMILES string of the molecule is CC(OC(=O)c1cc2c(s1)CCC2)C(=O)Nc1cc(Cl)cc(Cl)c1. The van der Waals surface area contributed by atoms with Crippen LogP contribution in [0.4, 0.5) is 5.69 Å². The summed E-state index contributed by atoms with van der Waals surface area (Å²) >= 11 is 13.2. The molecule has 1 amide bonds. The molecule has 1 unspecified atom stereocenters. The molecule has 2 aromatic rings. The fourth-order valence-electron chi connectivity index (χ4n) is 2.57. The normalized spacial score (nSPS) is 14.1. The molecule has 1 heterocycles. The molecule has 1 aliphatic carbocycles. The third-order valence-corrected chi connectivity index (χ3v) is 5.38. The quantitative estimate of drug-likeness (QED) is 0.776. The molecule has 0 fully saturated rings. The lowest BCUT2D eigenvalue weighted by atomic mass is 10.2.